The lowest BCUT2D eigenvalue weighted by Gasteiger charge is -2.17. The van der Waals surface area contributed by atoms with Crippen LogP contribution in [0.3, 0.4) is 0 Å². The van der Waals surface area contributed by atoms with Gasteiger partial charge in [0.05, 0.1) is 17.4 Å². The molecular formula is C16H13Cl2FN2. The number of imidazole rings is 1. The molecule has 0 amide bonds. The van der Waals surface area contributed by atoms with Gasteiger partial charge in [-0.05, 0) is 36.8 Å². The second-order valence-corrected chi connectivity index (χ2v) is 5.57. The fourth-order valence-electron chi connectivity index (χ4n) is 2.55. The van der Waals surface area contributed by atoms with E-state index in [0.29, 0.717) is 16.4 Å². The number of benzene rings is 2. The zero-order valence-electron chi connectivity index (χ0n) is 11.4. The predicted molar refractivity (Wildman–Crippen MR) is 84.5 cm³/mol. The van der Waals surface area contributed by atoms with Crippen LogP contribution in [0.25, 0.3) is 11.0 Å². The maximum Gasteiger partial charge on any atom is 0.151 e. The Balaban J connectivity index is 2.18. The zero-order chi connectivity index (χ0) is 15.0. The van der Waals surface area contributed by atoms with Gasteiger partial charge in [-0.2, -0.15) is 0 Å². The van der Waals surface area contributed by atoms with E-state index in [9.17, 15) is 4.39 Å². The smallest absolute Gasteiger partial charge is 0.151 e. The summed E-state index contributed by atoms with van der Waals surface area (Å²) in [4.78, 5) is 4.32. The number of hydrogen-bond acceptors (Lipinski definition) is 1. The minimum Gasteiger partial charge on any atom is -0.320 e. The summed E-state index contributed by atoms with van der Waals surface area (Å²) in [6.07, 6.45) is 0. The molecule has 108 valence electrons. The van der Waals surface area contributed by atoms with E-state index in [1.54, 1.807) is 6.07 Å². The Morgan fingerprint density at radius 1 is 1.19 bits per heavy atom. The third kappa shape index (κ3) is 2.52. The lowest BCUT2D eigenvalue weighted by atomic mass is 10.1. The van der Waals surface area contributed by atoms with Gasteiger partial charge in [0, 0.05) is 5.02 Å². The molecule has 0 spiro atoms. The summed E-state index contributed by atoms with van der Waals surface area (Å²) in [7, 11) is 0. The molecule has 0 bridgehead atoms. The molecule has 3 rings (SSSR count). The third-order valence-corrected chi connectivity index (χ3v) is 4.09. The summed E-state index contributed by atoms with van der Waals surface area (Å²) in [5.74, 6) is 0.548. The van der Waals surface area contributed by atoms with E-state index in [-0.39, 0.29) is 17.7 Å². The van der Waals surface area contributed by atoms with E-state index >= 15 is 0 Å². The molecule has 0 aliphatic carbocycles. The van der Waals surface area contributed by atoms with Gasteiger partial charge in [0.1, 0.15) is 11.3 Å². The number of halogens is 3. The van der Waals surface area contributed by atoms with Crippen molar-refractivity contribution in [3.63, 3.8) is 0 Å². The molecule has 0 saturated heterocycles. The quantitative estimate of drug-likeness (QED) is 0.608. The maximum atomic E-state index is 13.9. The zero-order valence-corrected chi connectivity index (χ0v) is 12.9. The summed E-state index contributed by atoms with van der Waals surface area (Å²) in [5.41, 5.74) is 2.16. The van der Waals surface area contributed by atoms with Crippen molar-refractivity contribution in [2.24, 2.45) is 0 Å². The molecule has 1 aromatic heterocycles. The first kappa shape index (κ1) is 14.4. The highest BCUT2D eigenvalue weighted by Crippen LogP contribution is 2.28. The van der Waals surface area contributed by atoms with Crippen molar-refractivity contribution in [2.75, 3.05) is 0 Å². The molecule has 0 N–H and O–H groups in total. The molecule has 1 atom stereocenters. The topological polar surface area (TPSA) is 17.8 Å². The third-order valence-electron chi connectivity index (χ3n) is 3.60. The molecule has 0 radical (unpaired) electrons. The Labute approximate surface area is 132 Å². The van der Waals surface area contributed by atoms with Crippen LogP contribution < -0.4 is 0 Å². The molecule has 1 unspecified atom stereocenters. The predicted octanol–water partition coefficient (Wildman–Crippen LogP) is 5.18. The van der Waals surface area contributed by atoms with E-state index in [1.165, 1.54) is 6.07 Å². The van der Waals surface area contributed by atoms with Gasteiger partial charge in [-0.3, -0.25) is 0 Å². The van der Waals surface area contributed by atoms with Crippen LogP contribution in [-0.2, 0) is 5.88 Å². The summed E-state index contributed by atoms with van der Waals surface area (Å²) < 4.78 is 15.9. The van der Waals surface area contributed by atoms with Crippen molar-refractivity contribution in [2.45, 2.75) is 18.8 Å². The molecule has 21 heavy (non-hydrogen) atoms. The molecule has 0 aliphatic rings. The molecule has 3 aromatic rings. The van der Waals surface area contributed by atoms with E-state index in [0.717, 1.165) is 11.1 Å². The fourth-order valence-corrected chi connectivity index (χ4v) is 2.86. The molecule has 1 heterocycles. The van der Waals surface area contributed by atoms with E-state index in [4.69, 9.17) is 23.2 Å². The standard InChI is InChI=1S/C16H13Cl2FN2/c1-10(11-5-7-12(18)8-6-11)21-14-4-2-3-13(19)16(14)20-15(21)9-17/h2-8,10H,9H2,1H3. The highest BCUT2D eigenvalue weighted by molar-refractivity contribution is 6.30. The van der Waals surface area contributed by atoms with Gasteiger partial charge >= 0.3 is 0 Å². The fraction of sp³-hybridized carbons (Fsp3) is 0.188. The van der Waals surface area contributed by atoms with Crippen molar-refractivity contribution in [1.29, 1.82) is 0 Å². The van der Waals surface area contributed by atoms with Crippen molar-refractivity contribution in [3.05, 3.63) is 64.7 Å². The van der Waals surface area contributed by atoms with Crippen LogP contribution in [0, 0.1) is 5.82 Å². The van der Waals surface area contributed by atoms with Crippen LogP contribution in [0.15, 0.2) is 42.5 Å². The molecule has 0 saturated carbocycles. The number of rotatable bonds is 3. The van der Waals surface area contributed by atoms with Gasteiger partial charge in [-0.25, -0.2) is 9.37 Å². The number of para-hydroxylation sites is 1. The van der Waals surface area contributed by atoms with Crippen LogP contribution in [0.2, 0.25) is 5.02 Å². The Kier molecular flexibility index (Phi) is 3.87. The molecule has 0 aliphatic heterocycles. The summed E-state index contributed by atoms with van der Waals surface area (Å²) in [6, 6.07) is 12.5. The normalized spacial score (nSPS) is 12.8. The highest BCUT2D eigenvalue weighted by atomic mass is 35.5. The van der Waals surface area contributed by atoms with E-state index in [1.807, 2.05) is 41.8 Å². The molecular weight excluding hydrogens is 310 g/mol. The number of hydrogen-bond donors (Lipinski definition) is 0. The Morgan fingerprint density at radius 3 is 2.57 bits per heavy atom. The highest BCUT2D eigenvalue weighted by Gasteiger charge is 2.18. The van der Waals surface area contributed by atoms with Crippen LogP contribution in [0.4, 0.5) is 4.39 Å². The minimum atomic E-state index is -0.332. The van der Waals surface area contributed by atoms with Gasteiger partial charge in [-0.15, -0.1) is 11.6 Å². The summed E-state index contributed by atoms with van der Waals surface area (Å²) >= 11 is 11.9. The number of alkyl halides is 1. The second kappa shape index (κ2) is 5.66. The number of nitrogens with zero attached hydrogens (tertiary/aromatic N) is 2. The largest absolute Gasteiger partial charge is 0.320 e. The summed E-state index contributed by atoms with van der Waals surface area (Å²) in [5, 5.41) is 0.685. The second-order valence-electron chi connectivity index (χ2n) is 4.87. The Bertz CT molecular complexity index is 781. The molecule has 2 nitrogen and oxygen atoms in total. The van der Waals surface area contributed by atoms with Crippen molar-refractivity contribution < 1.29 is 4.39 Å². The average Bonchev–Trinajstić information content (AvgIpc) is 2.87. The Hall–Kier alpha value is -1.58. The lowest BCUT2D eigenvalue weighted by molar-refractivity contribution is 0.633. The van der Waals surface area contributed by atoms with Gasteiger partial charge in [0.15, 0.2) is 5.82 Å². The van der Waals surface area contributed by atoms with Crippen LogP contribution >= 0.6 is 23.2 Å². The number of fused-ring (bicyclic) bond motifs is 1. The lowest BCUT2D eigenvalue weighted by Crippen LogP contribution is -2.09. The SMILES string of the molecule is CC(c1ccc(Cl)cc1)n1c(CCl)nc2c(F)cccc21. The van der Waals surface area contributed by atoms with Crippen molar-refractivity contribution >= 4 is 34.2 Å². The van der Waals surface area contributed by atoms with Gasteiger partial charge in [0.25, 0.3) is 0 Å². The first-order chi connectivity index (χ1) is 10.1. The van der Waals surface area contributed by atoms with Crippen molar-refractivity contribution in [1.82, 2.24) is 9.55 Å². The maximum absolute atomic E-state index is 13.9. The number of aromatic nitrogens is 2. The van der Waals surface area contributed by atoms with Gasteiger partial charge in [-0.1, -0.05) is 29.8 Å². The monoisotopic (exact) mass is 322 g/mol. The molecule has 5 heteroatoms. The first-order valence-corrected chi connectivity index (χ1v) is 7.50. The summed E-state index contributed by atoms with van der Waals surface area (Å²) in [6.45, 7) is 2.03. The van der Waals surface area contributed by atoms with E-state index in [2.05, 4.69) is 4.98 Å². The van der Waals surface area contributed by atoms with E-state index < -0.39 is 0 Å². The molecule has 0 fully saturated rings. The van der Waals surface area contributed by atoms with Crippen LogP contribution in [-0.4, -0.2) is 9.55 Å². The van der Waals surface area contributed by atoms with Gasteiger partial charge in [0.2, 0.25) is 0 Å². The Morgan fingerprint density at radius 2 is 1.90 bits per heavy atom. The molecule has 2 aromatic carbocycles. The van der Waals surface area contributed by atoms with Crippen LogP contribution in [0.5, 0.6) is 0 Å². The van der Waals surface area contributed by atoms with Crippen molar-refractivity contribution in [3.8, 4) is 0 Å². The first-order valence-electron chi connectivity index (χ1n) is 6.58. The minimum absolute atomic E-state index is 0.0113. The van der Waals surface area contributed by atoms with Gasteiger partial charge < -0.3 is 4.57 Å². The average molecular weight is 323 g/mol. The van der Waals surface area contributed by atoms with Crippen LogP contribution in [0.1, 0.15) is 24.4 Å².